The number of benzene rings is 2. The molecule has 2 aromatic rings. The Morgan fingerprint density at radius 3 is 2.49 bits per heavy atom. The second kappa shape index (κ2) is 11.6. The minimum Gasteiger partial charge on any atom is -0.493 e. The molecule has 1 aliphatic heterocycles. The quantitative estimate of drug-likeness (QED) is 0.247. The van der Waals surface area contributed by atoms with E-state index in [1.807, 2.05) is 0 Å². The minimum atomic E-state index is -1.02. The van der Waals surface area contributed by atoms with Crippen LogP contribution in [0.15, 0.2) is 41.3 Å². The summed E-state index contributed by atoms with van der Waals surface area (Å²) in [5, 5.41) is 8.47. The predicted molar refractivity (Wildman–Crippen MR) is 137 cm³/mol. The summed E-state index contributed by atoms with van der Waals surface area (Å²) in [6.45, 7) is 3.44. The Bertz CT molecular complexity index is 1190. The highest BCUT2D eigenvalue weighted by molar-refractivity contribution is 14.1. The summed E-state index contributed by atoms with van der Waals surface area (Å²) in [5.74, 6) is -1.32. The second-order valence-corrected chi connectivity index (χ2v) is 9.46. The normalized spacial score (nSPS) is 15.3. The summed E-state index contributed by atoms with van der Waals surface area (Å²) >= 11 is 2.83. The molecule has 0 spiro atoms. The van der Waals surface area contributed by atoms with Crippen molar-refractivity contribution in [2.75, 3.05) is 13.7 Å². The van der Waals surface area contributed by atoms with Crippen molar-refractivity contribution in [2.24, 2.45) is 0 Å². The second-order valence-electron chi connectivity index (χ2n) is 7.30. The number of nitrogens with zero attached hydrogens (tertiary/aromatic N) is 1. The van der Waals surface area contributed by atoms with Gasteiger partial charge in [0, 0.05) is 0 Å². The van der Waals surface area contributed by atoms with Crippen LogP contribution in [0.1, 0.15) is 35.3 Å². The van der Waals surface area contributed by atoms with Crippen LogP contribution in [0.4, 0.5) is 4.79 Å². The van der Waals surface area contributed by atoms with Gasteiger partial charge >= 0.3 is 11.9 Å². The van der Waals surface area contributed by atoms with E-state index in [4.69, 9.17) is 19.3 Å². The molecule has 1 N–H and O–H groups in total. The van der Waals surface area contributed by atoms with Crippen LogP contribution in [-0.4, -0.2) is 52.8 Å². The van der Waals surface area contributed by atoms with Crippen LogP contribution in [0.3, 0.4) is 0 Å². The van der Waals surface area contributed by atoms with Gasteiger partial charge in [-0.2, -0.15) is 0 Å². The molecule has 2 aromatic carbocycles. The lowest BCUT2D eigenvalue weighted by molar-refractivity contribution is -0.150. The van der Waals surface area contributed by atoms with E-state index in [0.717, 1.165) is 22.2 Å². The van der Waals surface area contributed by atoms with Gasteiger partial charge in [0.1, 0.15) is 12.6 Å². The molecule has 0 aliphatic carbocycles. The summed E-state index contributed by atoms with van der Waals surface area (Å²) in [5.41, 5.74) is 1.58. The zero-order chi connectivity index (χ0) is 25.7. The molecule has 9 nitrogen and oxygen atoms in total. The van der Waals surface area contributed by atoms with Gasteiger partial charge in [0.25, 0.3) is 11.1 Å². The lowest BCUT2D eigenvalue weighted by Crippen LogP contribution is -2.42. The average molecular weight is 611 g/mol. The summed E-state index contributed by atoms with van der Waals surface area (Å²) in [6, 6.07) is 8.77. The highest BCUT2D eigenvalue weighted by Crippen LogP contribution is 2.38. The number of aromatic carboxylic acids is 1. The molecule has 1 atom stereocenters. The number of carbonyl (C=O) groups excluding carboxylic acids is 3. The van der Waals surface area contributed by atoms with Gasteiger partial charge in [-0.1, -0.05) is 12.1 Å². The monoisotopic (exact) mass is 611 g/mol. The SMILES string of the molecule is CCOC(=O)[C@H](C)N1C(=O)S/C(=C/c2cc(I)c(OCc3ccc(C(=O)O)cc3)c(OC)c2)C1=O. The number of amides is 2. The van der Waals surface area contributed by atoms with Crippen molar-refractivity contribution in [1.82, 2.24) is 4.90 Å². The maximum Gasteiger partial charge on any atom is 0.335 e. The first-order chi connectivity index (χ1) is 16.7. The van der Waals surface area contributed by atoms with Crippen molar-refractivity contribution in [1.29, 1.82) is 0 Å². The largest absolute Gasteiger partial charge is 0.493 e. The van der Waals surface area contributed by atoms with E-state index in [-0.39, 0.29) is 23.7 Å². The first-order valence-corrected chi connectivity index (χ1v) is 12.3. The van der Waals surface area contributed by atoms with Gasteiger partial charge in [-0.3, -0.25) is 14.5 Å². The highest BCUT2D eigenvalue weighted by atomic mass is 127. The number of methoxy groups -OCH3 is 1. The third-order valence-electron chi connectivity index (χ3n) is 4.97. The van der Waals surface area contributed by atoms with Gasteiger partial charge in [0.15, 0.2) is 11.5 Å². The molecular formula is C24H22INO8S. The molecule has 3 rings (SSSR count). The Morgan fingerprint density at radius 2 is 1.89 bits per heavy atom. The molecule has 1 saturated heterocycles. The van der Waals surface area contributed by atoms with E-state index in [0.29, 0.717) is 20.6 Å². The van der Waals surface area contributed by atoms with Crippen LogP contribution < -0.4 is 9.47 Å². The number of hydrogen-bond donors (Lipinski definition) is 1. The Morgan fingerprint density at radius 1 is 1.20 bits per heavy atom. The molecule has 0 unspecified atom stereocenters. The van der Waals surface area contributed by atoms with Crippen LogP contribution in [0.5, 0.6) is 11.5 Å². The summed E-state index contributed by atoms with van der Waals surface area (Å²) in [7, 11) is 1.48. The van der Waals surface area contributed by atoms with Gasteiger partial charge in [0.2, 0.25) is 0 Å². The van der Waals surface area contributed by atoms with Crippen molar-refractivity contribution >= 4 is 63.5 Å². The number of hydrogen-bond acceptors (Lipinski definition) is 8. The molecule has 0 aromatic heterocycles. The first-order valence-electron chi connectivity index (χ1n) is 10.4. The van der Waals surface area contributed by atoms with Crippen molar-refractivity contribution < 1.29 is 38.5 Å². The first kappa shape index (κ1) is 26.5. The standard InChI is InChI=1S/C24H22INO8S/c1-4-33-23(30)13(2)26-21(27)19(35-24(26)31)11-15-9-17(25)20(18(10-15)32-3)34-12-14-5-7-16(8-6-14)22(28)29/h5-11,13H,4,12H2,1-3H3,(H,28,29)/b19-11+/t13-/m0/s1. The highest BCUT2D eigenvalue weighted by Gasteiger charge is 2.41. The molecule has 11 heteroatoms. The lowest BCUT2D eigenvalue weighted by atomic mass is 10.1. The van der Waals surface area contributed by atoms with Crippen molar-refractivity contribution in [3.63, 3.8) is 0 Å². The Kier molecular flexibility index (Phi) is 8.78. The number of ether oxygens (including phenoxy) is 3. The zero-order valence-electron chi connectivity index (χ0n) is 19.1. The van der Waals surface area contributed by atoms with Crippen LogP contribution in [0.2, 0.25) is 0 Å². The zero-order valence-corrected chi connectivity index (χ0v) is 22.0. The topological polar surface area (TPSA) is 119 Å². The van der Waals surface area contributed by atoms with E-state index < -0.39 is 29.1 Å². The van der Waals surface area contributed by atoms with Crippen LogP contribution >= 0.6 is 34.4 Å². The van der Waals surface area contributed by atoms with E-state index in [1.54, 1.807) is 37.3 Å². The third kappa shape index (κ3) is 6.14. The van der Waals surface area contributed by atoms with Crippen molar-refractivity contribution in [3.05, 3.63) is 61.6 Å². The molecule has 1 heterocycles. The molecule has 184 valence electrons. The summed E-state index contributed by atoms with van der Waals surface area (Å²) < 4.78 is 17.0. The van der Waals surface area contributed by atoms with Crippen molar-refractivity contribution in [3.8, 4) is 11.5 Å². The maximum absolute atomic E-state index is 12.8. The summed E-state index contributed by atoms with van der Waals surface area (Å²) in [6.07, 6.45) is 1.56. The van der Waals surface area contributed by atoms with E-state index >= 15 is 0 Å². The maximum atomic E-state index is 12.8. The fourth-order valence-corrected chi connectivity index (χ4v) is 4.88. The van der Waals surface area contributed by atoms with Gasteiger partial charge in [0.05, 0.1) is 27.8 Å². The Labute approximate surface area is 219 Å². The number of carboxylic acid groups (broad SMARTS) is 1. The third-order valence-corrected chi connectivity index (χ3v) is 6.66. The number of imide groups is 1. The molecule has 1 fully saturated rings. The van der Waals surface area contributed by atoms with Gasteiger partial charge in [-0.05, 0) is 89.7 Å². The molecule has 0 radical (unpaired) electrons. The molecule has 0 saturated carbocycles. The number of halogens is 1. The number of carbonyl (C=O) groups is 4. The van der Waals surface area contributed by atoms with E-state index in [9.17, 15) is 19.2 Å². The Balaban J connectivity index is 1.79. The van der Waals surface area contributed by atoms with Crippen LogP contribution in [0.25, 0.3) is 6.08 Å². The summed E-state index contributed by atoms with van der Waals surface area (Å²) in [4.78, 5) is 49.3. The molecule has 1 aliphatic rings. The number of rotatable bonds is 9. The fraction of sp³-hybridized carbons (Fsp3) is 0.250. The van der Waals surface area contributed by atoms with Crippen LogP contribution in [-0.2, 0) is 20.9 Å². The number of esters is 1. The smallest absolute Gasteiger partial charge is 0.335 e. The molecule has 2 amide bonds. The fourth-order valence-electron chi connectivity index (χ4n) is 3.20. The lowest BCUT2D eigenvalue weighted by Gasteiger charge is -2.19. The van der Waals surface area contributed by atoms with Gasteiger partial charge in [-0.15, -0.1) is 0 Å². The molecule has 0 bridgehead atoms. The van der Waals surface area contributed by atoms with E-state index in [1.165, 1.54) is 26.2 Å². The van der Waals surface area contributed by atoms with Gasteiger partial charge in [-0.25, -0.2) is 9.59 Å². The van der Waals surface area contributed by atoms with E-state index in [2.05, 4.69) is 22.6 Å². The van der Waals surface area contributed by atoms with Gasteiger partial charge < -0.3 is 19.3 Å². The minimum absolute atomic E-state index is 0.148. The van der Waals surface area contributed by atoms with Crippen molar-refractivity contribution in [2.45, 2.75) is 26.5 Å². The van der Waals surface area contributed by atoms with Crippen LogP contribution in [0, 0.1) is 3.57 Å². The molecule has 35 heavy (non-hydrogen) atoms. The average Bonchev–Trinajstić information content (AvgIpc) is 3.10. The number of thioether (sulfide) groups is 1. The predicted octanol–water partition coefficient (Wildman–Crippen LogP) is 4.56. The molecular weight excluding hydrogens is 589 g/mol. The Hall–Kier alpha value is -3.06. The number of carboxylic acids is 1.